The minimum absolute atomic E-state index is 0.105. The van der Waals surface area contributed by atoms with E-state index < -0.39 is 0 Å². The maximum absolute atomic E-state index is 11.9. The fourth-order valence-electron chi connectivity index (χ4n) is 5.28. The lowest BCUT2D eigenvalue weighted by Crippen LogP contribution is -2.44. The number of esters is 1. The second-order valence-corrected chi connectivity index (χ2v) is 11.6. The van der Waals surface area contributed by atoms with Crippen LogP contribution in [0.1, 0.15) is 31.7 Å². The van der Waals surface area contributed by atoms with E-state index in [4.69, 9.17) is 37.7 Å². The molecule has 0 radical (unpaired) electrons. The zero-order valence-corrected chi connectivity index (χ0v) is 25.1. The first-order chi connectivity index (χ1) is 19.8. The molecule has 0 spiro atoms. The number of anilines is 1. The summed E-state index contributed by atoms with van der Waals surface area (Å²) in [6, 6.07) is 9.37. The fraction of sp³-hybridized carbons (Fsp3) is 0.467. The van der Waals surface area contributed by atoms with Crippen molar-refractivity contribution >= 4 is 35.0 Å². The van der Waals surface area contributed by atoms with Crippen molar-refractivity contribution in [1.82, 2.24) is 24.8 Å². The Labute approximate surface area is 251 Å². The molecule has 41 heavy (non-hydrogen) atoms. The van der Waals surface area contributed by atoms with Crippen LogP contribution in [0.15, 0.2) is 42.7 Å². The summed E-state index contributed by atoms with van der Waals surface area (Å²) >= 11 is 12.6. The molecule has 1 aromatic carbocycles. The maximum Gasteiger partial charge on any atom is 0.306 e. The van der Waals surface area contributed by atoms with Crippen molar-refractivity contribution in [1.29, 1.82) is 0 Å². The van der Waals surface area contributed by atoms with Gasteiger partial charge < -0.3 is 19.3 Å². The zero-order chi connectivity index (χ0) is 28.8. The predicted molar refractivity (Wildman–Crippen MR) is 161 cm³/mol. The van der Waals surface area contributed by atoms with Gasteiger partial charge in [-0.2, -0.15) is 0 Å². The van der Waals surface area contributed by atoms with E-state index in [-0.39, 0.29) is 5.97 Å². The molecule has 11 heteroatoms. The summed E-state index contributed by atoms with van der Waals surface area (Å²) in [6.07, 6.45) is 5.80. The van der Waals surface area contributed by atoms with E-state index in [1.165, 1.54) is 0 Å². The quantitative estimate of drug-likeness (QED) is 0.294. The monoisotopic (exact) mass is 598 g/mol. The number of rotatable bonds is 9. The minimum Gasteiger partial charge on any atom is -0.466 e. The lowest BCUT2D eigenvalue weighted by atomic mass is 9.93. The topological polar surface area (TPSA) is 83.9 Å². The highest BCUT2D eigenvalue weighted by atomic mass is 35.5. The molecule has 2 aliphatic rings. The Morgan fingerprint density at radius 2 is 1.66 bits per heavy atom. The number of pyridine rings is 1. The molecule has 0 aliphatic carbocycles. The van der Waals surface area contributed by atoms with Gasteiger partial charge in [0.15, 0.2) is 0 Å². The van der Waals surface area contributed by atoms with Crippen LogP contribution in [0.2, 0.25) is 10.0 Å². The Morgan fingerprint density at radius 3 is 2.32 bits per heavy atom. The molecule has 3 aromatic rings. The Bertz CT molecular complexity index is 1310. The van der Waals surface area contributed by atoms with Crippen LogP contribution in [0.4, 0.5) is 5.82 Å². The first-order valence-corrected chi connectivity index (χ1v) is 14.9. The van der Waals surface area contributed by atoms with E-state index in [0.717, 1.165) is 75.6 Å². The number of benzene rings is 1. The largest absolute Gasteiger partial charge is 0.466 e. The molecule has 0 saturated carbocycles. The Hall–Kier alpha value is -2.98. The van der Waals surface area contributed by atoms with Gasteiger partial charge in [0, 0.05) is 60.8 Å². The summed E-state index contributed by atoms with van der Waals surface area (Å²) < 4.78 is 11.3. The number of piperidine rings is 1. The van der Waals surface area contributed by atoms with E-state index in [0.29, 0.717) is 46.4 Å². The van der Waals surface area contributed by atoms with Crippen LogP contribution in [0, 0.1) is 5.92 Å². The molecule has 2 aromatic heterocycles. The number of likely N-dealkylation sites (tertiary alicyclic amines) is 1. The number of halogens is 2. The molecular formula is C30H36Cl2N6O3. The Morgan fingerprint density at radius 1 is 0.927 bits per heavy atom. The van der Waals surface area contributed by atoms with Gasteiger partial charge in [0.2, 0.25) is 11.8 Å². The van der Waals surface area contributed by atoms with Gasteiger partial charge in [-0.05, 0) is 75.6 Å². The summed E-state index contributed by atoms with van der Waals surface area (Å²) in [5.74, 6) is 1.90. The third-order valence-corrected chi connectivity index (χ3v) is 7.98. The normalized spacial score (nSPS) is 17.0. The van der Waals surface area contributed by atoms with Crippen molar-refractivity contribution in [3.63, 3.8) is 0 Å². The van der Waals surface area contributed by atoms with E-state index in [1.54, 1.807) is 18.5 Å². The van der Waals surface area contributed by atoms with Crippen LogP contribution in [-0.2, 0) is 16.1 Å². The fourth-order valence-corrected chi connectivity index (χ4v) is 5.81. The number of carbonyl (C=O) groups is 1. The number of carbonyl (C=O) groups excluding carboxylic acids is 1. The van der Waals surface area contributed by atoms with Crippen LogP contribution in [0.3, 0.4) is 0 Å². The van der Waals surface area contributed by atoms with Gasteiger partial charge in [0.25, 0.3) is 0 Å². The van der Waals surface area contributed by atoms with Gasteiger partial charge in [-0.3, -0.25) is 9.69 Å². The van der Waals surface area contributed by atoms with Crippen LogP contribution in [0.25, 0.3) is 11.3 Å². The molecule has 4 heterocycles. The van der Waals surface area contributed by atoms with E-state index >= 15 is 0 Å². The number of nitrogens with zero attached hydrogens (tertiary/aromatic N) is 6. The summed E-state index contributed by atoms with van der Waals surface area (Å²) in [4.78, 5) is 32.7. The Balaban J connectivity index is 1.31. The number of hydrogen-bond donors (Lipinski definition) is 0. The van der Waals surface area contributed by atoms with Gasteiger partial charge in [0.05, 0.1) is 24.7 Å². The summed E-state index contributed by atoms with van der Waals surface area (Å²) in [7, 11) is 2.13. The smallest absolute Gasteiger partial charge is 0.306 e. The molecule has 9 nitrogen and oxygen atoms in total. The molecule has 0 N–H and O–H groups in total. The van der Waals surface area contributed by atoms with Crippen molar-refractivity contribution in [2.45, 2.75) is 32.7 Å². The van der Waals surface area contributed by atoms with E-state index in [2.05, 4.69) is 31.7 Å². The van der Waals surface area contributed by atoms with Crippen LogP contribution >= 0.6 is 23.2 Å². The highest BCUT2D eigenvalue weighted by Crippen LogP contribution is 2.31. The summed E-state index contributed by atoms with van der Waals surface area (Å²) in [6.45, 7) is 8.62. The molecular weight excluding hydrogens is 563 g/mol. The highest BCUT2D eigenvalue weighted by molar-refractivity contribution is 6.35. The molecule has 0 atom stereocenters. The SMILES string of the molecule is CCOC(=O)CC1CCN(Cc2cc(Oc3cnc(N4CCN(C)CC4)cn3)nc(-c3cc(Cl)cc(Cl)c3)c2)CC1. The van der Waals surface area contributed by atoms with Crippen molar-refractivity contribution in [3.05, 3.63) is 58.3 Å². The second kappa shape index (κ2) is 13.8. The van der Waals surface area contributed by atoms with Gasteiger partial charge in [-0.1, -0.05) is 23.2 Å². The van der Waals surface area contributed by atoms with Gasteiger partial charge in [-0.15, -0.1) is 0 Å². The Kier molecular flexibility index (Phi) is 9.92. The lowest BCUT2D eigenvalue weighted by molar-refractivity contribution is -0.144. The molecule has 2 saturated heterocycles. The molecule has 218 valence electrons. The second-order valence-electron chi connectivity index (χ2n) is 10.7. The van der Waals surface area contributed by atoms with Crippen molar-refractivity contribution < 1.29 is 14.3 Å². The average Bonchev–Trinajstić information content (AvgIpc) is 2.94. The van der Waals surface area contributed by atoms with Crippen LogP contribution in [-0.4, -0.2) is 83.6 Å². The van der Waals surface area contributed by atoms with Crippen LogP contribution < -0.4 is 9.64 Å². The maximum atomic E-state index is 11.9. The van der Waals surface area contributed by atoms with Crippen molar-refractivity contribution in [2.75, 3.05) is 57.8 Å². The van der Waals surface area contributed by atoms with E-state index in [9.17, 15) is 4.79 Å². The number of hydrogen-bond acceptors (Lipinski definition) is 9. The van der Waals surface area contributed by atoms with Gasteiger partial charge >= 0.3 is 5.97 Å². The number of piperazine rings is 1. The van der Waals surface area contributed by atoms with E-state index in [1.807, 2.05) is 31.2 Å². The van der Waals surface area contributed by atoms with Gasteiger partial charge in [-0.25, -0.2) is 15.0 Å². The molecule has 0 bridgehead atoms. The third kappa shape index (κ3) is 8.29. The predicted octanol–water partition coefficient (Wildman–Crippen LogP) is 5.55. The lowest BCUT2D eigenvalue weighted by Gasteiger charge is -2.32. The number of aromatic nitrogens is 3. The van der Waals surface area contributed by atoms with Crippen LogP contribution in [0.5, 0.6) is 11.8 Å². The summed E-state index contributed by atoms with van der Waals surface area (Å²) in [5, 5.41) is 1.08. The number of ether oxygens (including phenoxy) is 2. The first kappa shape index (κ1) is 29.5. The summed E-state index contributed by atoms with van der Waals surface area (Å²) in [5.41, 5.74) is 2.56. The number of likely N-dealkylation sites (N-methyl/N-ethyl adjacent to an activating group) is 1. The molecule has 0 unspecified atom stereocenters. The molecule has 5 rings (SSSR count). The molecule has 0 amide bonds. The highest BCUT2D eigenvalue weighted by Gasteiger charge is 2.23. The molecule has 2 fully saturated rings. The van der Waals surface area contributed by atoms with Crippen molar-refractivity contribution in [3.8, 4) is 23.0 Å². The average molecular weight is 600 g/mol. The minimum atomic E-state index is -0.105. The van der Waals surface area contributed by atoms with Gasteiger partial charge in [0.1, 0.15) is 5.82 Å². The molecule has 2 aliphatic heterocycles. The van der Waals surface area contributed by atoms with Crippen molar-refractivity contribution in [2.24, 2.45) is 5.92 Å². The third-order valence-electron chi connectivity index (χ3n) is 7.54. The first-order valence-electron chi connectivity index (χ1n) is 14.1. The standard InChI is InChI=1S/C30H36Cl2N6O3/c1-3-40-30(39)14-21-4-6-37(7-5-21)20-22-12-26(23-15-24(31)17-25(32)16-23)35-28(13-22)41-29-19-33-27(18-34-29)38-10-8-36(2)9-11-38/h12-13,15-19,21H,3-11,14,20H2,1-2H3. The zero-order valence-electron chi connectivity index (χ0n) is 23.6.